The van der Waals surface area contributed by atoms with E-state index < -0.39 is 11.2 Å². The van der Waals surface area contributed by atoms with Crippen LogP contribution in [0.1, 0.15) is 76.9 Å². The van der Waals surface area contributed by atoms with E-state index in [4.69, 9.17) is 9.47 Å². The molecule has 0 spiro atoms. The van der Waals surface area contributed by atoms with E-state index in [0.29, 0.717) is 0 Å². The molecule has 2 unspecified atom stereocenters. The number of likely N-dealkylation sites (N-methyl/N-ethyl adjacent to an activating group) is 1. The number of halogens is 2. The molecule has 2 aliphatic carbocycles. The van der Waals surface area contributed by atoms with Crippen LogP contribution in [0, 0.1) is 0 Å². The second kappa shape index (κ2) is 13.3. The Morgan fingerprint density at radius 1 is 0.891 bits per heavy atom. The van der Waals surface area contributed by atoms with E-state index in [9.17, 15) is 9.59 Å². The van der Waals surface area contributed by atoms with Crippen LogP contribution in [0.15, 0.2) is 45.3 Å². The molecule has 2 amide bonds. The normalized spacial score (nSPS) is 17.9. The molecule has 4 aromatic rings. The summed E-state index contributed by atoms with van der Waals surface area (Å²) in [6.45, 7) is 11.3. The number of nitrogens with one attached hydrogen (secondary N) is 2. The number of rotatable bonds is 2. The number of benzene rings is 2. The first-order valence-corrected chi connectivity index (χ1v) is 17.6. The van der Waals surface area contributed by atoms with Gasteiger partial charge < -0.3 is 29.2 Å². The van der Waals surface area contributed by atoms with Crippen molar-refractivity contribution in [3.8, 4) is 0 Å². The Balaban J connectivity index is 0.000000182. The smallest absolute Gasteiger partial charge is 0.410 e. The first kappa shape index (κ1) is 34.4. The van der Waals surface area contributed by atoms with Crippen molar-refractivity contribution in [3.63, 3.8) is 0 Å². The van der Waals surface area contributed by atoms with Crippen molar-refractivity contribution in [1.82, 2.24) is 19.8 Å². The third kappa shape index (κ3) is 7.93. The van der Waals surface area contributed by atoms with Gasteiger partial charge in [-0.3, -0.25) is 0 Å². The van der Waals surface area contributed by atoms with Crippen molar-refractivity contribution >= 4 is 65.9 Å². The average molecular weight is 759 g/mol. The Bertz CT molecular complexity index is 1760. The molecule has 6 rings (SSSR count). The number of hydrogen-bond acceptors (Lipinski definition) is 4. The molecular formula is C36H46Br2N4O4. The molecule has 248 valence electrons. The fraction of sp³-hybridized carbons (Fsp3) is 0.500. The van der Waals surface area contributed by atoms with Crippen LogP contribution >= 0.6 is 31.9 Å². The van der Waals surface area contributed by atoms with Gasteiger partial charge in [0.05, 0.1) is 0 Å². The molecule has 2 atom stereocenters. The summed E-state index contributed by atoms with van der Waals surface area (Å²) < 4.78 is 15.3. The van der Waals surface area contributed by atoms with Crippen LogP contribution in [0.4, 0.5) is 9.59 Å². The van der Waals surface area contributed by atoms with E-state index in [1.165, 1.54) is 38.8 Å². The summed E-state index contributed by atoms with van der Waals surface area (Å²) in [6.07, 6.45) is 4.98. The molecule has 0 radical (unpaired) electrons. The van der Waals surface area contributed by atoms with Crippen LogP contribution in [0.5, 0.6) is 0 Å². The lowest BCUT2D eigenvalue weighted by atomic mass is 9.90. The Morgan fingerprint density at radius 2 is 1.54 bits per heavy atom. The summed E-state index contributed by atoms with van der Waals surface area (Å²) in [5, 5.41) is 5.53. The minimum atomic E-state index is -0.461. The highest BCUT2D eigenvalue weighted by Crippen LogP contribution is 2.35. The number of aromatic nitrogens is 2. The number of hydrogen-bond donors (Lipinski definition) is 2. The van der Waals surface area contributed by atoms with E-state index in [1.54, 1.807) is 4.90 Å². The maximum absolute atomic E-state index is 12.4. The zero-order valence-corrected chi connectivity index (χ0v) is 31.3. The van der Waals surface area contributed by atoms with Crippen LogP contribution < -0.4 is 5.32 Å². The molecule has 8 nitrogen and oxygen atoms in total. The van der Waals surface area contributed by atoms with Gasteiger partial charge in [0.15, 0.2) is 0 Å². The molecule has 0 aliphatic heterocycles. The van der Waals surface area contributed by atoms with Gasteiger partial charge in [-0.15, -0.1) is 0 Å². The SMILES string of the molecule is CC(C)(C)OC(=O)NC1CCc2[nH]c3cc(Br)ccc3c2C1.CN(C(=O)OC(C)(C)C)C1CCc2c(c3ccc(Br)cc3n2C)C1. The van der Waals surface area contributed by atoms with Crippen LogP contribution in [0.3, 0.4) is 0 Å². The number of H-pyrrole nitrogens is 1. The van der Waals surface area contributed by atoms with Crippen LogP contribution in [-0.2, 0) is 42.2 Å². The maximum Gasteiger partial charge on any atom is 0.410 e. The molecule has 46 heavy (non-hydrogen) atoms. The topological polar surface area (TPSA) is 88.6 Å². The summed E-state index contributed by atoms with van der Waals surface area (Å²) in [5.74, 6) is 0. The number of carbonyl (C=O) groups is 2. The number of nitrogens with zero attached hydrogens (tertiary/aromatic N) is 2. The van der Waals surface area contributed by atoms with Crippen molar-refractivity contribution in [1.29, 1.82) is 0 Å². The van der Waals surface area contributed by atoms with Gasteiger partial charge in [0.2, 0.25) is 0 Å². The highest BCUT2D eigenvalue weighted by Gasteiger charge is 2.31. The standard InChI is InChI=1S/C19H25BrN2O2.C17H21BrN2O2/c1-19(2,3)24-18(23)21(4)13-7-9-16-15(11-13)14-8-6-12(20)10-17(14)22(16)5;1-17(2,3)22-16(21)19-11-5-7-14-13(9-11)12-6-4-10(18)8-15(12)20-14/h6,8,10,13H,7,9,11H2,1-5H3;4,6,8,11,20H,5,7,9H2,1-3H3,(H,19,21). The molecule has 2 aliphatic rings. The lowest BCUT2D eigenvalue weighted by Gasteiger charge is -2.33. The number of aromatic amines is 1. The Morgan fingerprint density at radius 3 is 2.22 bits per heavy atom. The Kier molecular flexibility index (Phi) is 9.90. The monoisotopic (exact) mass is 756 g/mol. The molecule has 0 saturated carbocycles. The van der Waals surface area contributed by atoms with Crippen molar-refractivity contribution in [2.75, 3.05) is 7.05 Å². The van der Waals surface area contributed by atoms with Crippen molar-refractivity contribution in [2.45, 2.75) is 103 Å². The summed E-state index contributed by atoms with van der Waals surface area (Å²) in [7, 11) is 3.98. The lowest BCUT2D eigenvalue weighted by Crippen LogP contribution is -2.43. The number of ether oxygens (including phenoxy) is 2. The summed E-state index contributed by atoms with van der Waals surface area (Å²) in [6, 6.07) is 13.0. The molecule has 0 bridgehead atoms. The number of aryl methyl sites for hydroxylation is 2. The van der Waals surface area contributed by atoms with Gasteiger partial charge >= 0.3 is 12.2 Å². The zero-order valence-electron chi connectivity index (χ0n) is 28.1. The van der Waals surface area contributed by atoms with Crippen LogP contribution in [0.25, 0.3) is 21.8 Å². The van der Waals surface area contributed by atoms with Crippen LogP contribution in [-0.4, -0.2) is 57.0 Å². The first-order chi connectivity index (χ1) is 21.5. The van der Waals surface area contributed by atoms with Gasteiger partial charge in [0.1, 0.15) is 11.2 Å². The second-order valence-corrected chi connectivity index (χ2v) is 16.3. The van der Waals surface area contributed by atoms with Crippen molar-refractivity contribution in [3.05, 3.63) is 67.9 Å². The summed E-state index contributed by atoms with van der Waals surface area (Å²) in [4.78, 5) is 29.6. The van der Waals surface area contributed by atoms with Gasteiger partial charge in [0.25, 0.3) is 0 Å². The van der Waals surface area contributed by atoms with Crippen LogP contribution in [0.2, 0.25) is 0 Å². The first-order valence-electron chi connectivity index (χ1n) is 16.0. The average Bonchev–Trinajstić information content (AvgIpc) is 3.44. The van der Waals surface area contributed by atoms with Gasteiger partial charge in [-0.1, -0.05) is 44.0 Å². The highest BCUT2D eigenvalue weighted by molar-refractivity contribution is 9.10. The molecule has 0 saturated heterocycles. The molecule has 0 fully saturated rings. The Labute approximate surface area is 288 Å². The predicted octanol–water partition coefficient (Wildman–Crippen LogP) is 8.98. The van der Waals surface area contributed by atoms with E-state index in [2.05, 4.69) is 90.2 Å². The molecule has 2 aromatic heterocycles. The van der Waals surface area contributed by atoms with E-state index in [1.807, 2.05) is 48.6 Å². The largest absolute Gasteiger partial charge is 0.444 e. The minimum Gasteiger partial charge on any atom is -0.444 e. The maximum atomic E-state index is 12.4. The summed E-state index contributed by atoms with van der Waals surface area (Å²) in [5.41, 5.74) is 6.83. The van der Waals surface area contributed by atoms with E-state index >= 15 is 0 Å². The Hall–Kier alpha value is -2.98. The van der Waals surface area contributed by atoms with E-state index in [-0.39, 0.29) is 24.3 Å². The molecule has 10 heteroatoms. The number of amides is 2. The fourth-order valence-corrected chi connectivity index (χ4v) is 7.25. The van der Waals surface area contributed by atoms with Crippen molar-refractivity contribution < 1.29 is 19.1 Å². The lowest BCUT2D eigenvalue weighted by molar-refractivity contribution is 0.0209. The quantitative estimate of drug-likeness (QED) is 0.214. The number of fused-ring (bicyclic) bond motifs is 6. The predicted molar refractivity (Wildman–Crippen MR) is 192 cm³/mol. The zero-order chi connectivity index (χ0) is 33.6. The van der Waals surface area contributed by atoms with Gasteiger partial charge in [-0.25, -0.2) is 9.59 Å². The second-order valence-electron chi connectivity index (χ2n) is 14.5. The van der Waals surface area contributed by atoms with Gasteiger partial charge in [-0.05, 0) is 115 Å². The molecular weight excluding hydrogens is 712 g/mol. The fourth-order valence-electron chi connectivity index (χ4n) is 6.54. The number of alkyl carbamates (subject to hydrolysis) is 1. The summed E-state index contributed by atoms with van der Waals surface area (Å²) >= 11 is 7.06. The van der Waals surface area contributed by atoms with E-state index in [0.717, 1.165) is 53.0 Å². The number of carbonyl (C=O) groups excluding carboxylic acids is 2. The third-order valence-electron chi connectivity index (χ3n) is 8.65. The molecule has 2 N–H and O–H groups in total. The van der Waals surface area contributed by atoms with Crippen molar-refractivity contribution in [2.24, 2.45) is 7.05 Å². The highest BCUT2D eigenvalue weighted by atomic mass is 79.9. The van der Waals surface area contributed by atoms with Gasteiger partial charge in [-0.2, -0.15) is 0 Å². The third-order valence-corrected chi connectivity index (χ3v) is 9.64. The van der Waals surface area contributed by atoms with Gasteiger partial charge in [0, 0.05) is 68.3 Å². The molecule has 2 heterocycles. The minimum absolute atomic E-state index is 0.130. The molecule has 2 aromatic carbocycles.